The van der Waals surface area contributed by atoms with E-state index in [0.717, 1.165) is 36.1 Å². The van der Waals surface area contributed by atoms with Crippen LogP contribution in [0.15, 0.2) is 22.8 Å². The largest absolute Gasteiger partial charge is 0.315 e. The van der Waals surface area contributed by atoms with E-state index in [-0.39, 0.29) is 11.3 Å². The van der Waals surface area contributed by atoms with Crippen LogP contribution in [0.4, 0.5) is 0 Å². The molecule has 0 spiro atoms. The first-order valence-electron chi connectivity index (χ1n) is 6.51. The van der Waals surface area contributed by atoms with Crippen LogP contribution in [-0.4, -0.2) is 38.0 Å². The molecule has 2 saturated heterocycles. The summed E-state index contributed by atoms with van der Waals surface area (Å²) in [5.41, 5.74) is 1.14. The second kappa shape index (κ2) is 4.82. The van der Waals surface area contributed by atoms with E-state index in [1.807, 2.05) is 12.1 Å². The highest BCUT2D eigenvalue weighted by atomic mass is 79.9. The van der Waals surface area contributed by atoms with Gasteiger partial charge in [0.2, 0.25) is 0 Å². The molecule has 2 aliphatic heterocycles. The summed E-state index contributed by atoms with van der Waals surface area (Å²) in [6, 6.07) is 4.02. The molecular formula is C13H17BrN2O2S. The SMILES string of the molecule is O=S1(=O)CCC(C2(Cc3ccc(Br)cn3)CNC2)C1. The molecule has 3 rings (SSSR count). The van der Waals surface area contributed by atoms with Gasteiger partial charge in [0.05, 0.1) is 11.5 Å². The van der Waals surface area contributed by atoms with E-state index in [9.17, 15) is 8.42 Å². The molecule has 3 heterocycles. The molecule has 0 amide bonds. The maximum absolute atomic E-state index is 11.7. The molecule has 1 atom stereocenters. The summed E-state index contributed by atoms with van der Waals surface area (Å²) in [6.45, 7) is 1.82. The van der Waals surface area contributed by atoms with Crippen molar-refractivity contribution in [2.45, 2.75) is 12.8 Å². The Morgan fingerprint density at radius 2 is 2.21 bits per heavy atom. The maximum Gasteiger partial charge on any atom is 0.150 e. The first-order chi connectivity index (χ1) is 8.99. The molecule has 0 aromatic carbocycles. The van der Waals surface area contributed by atoms with Crippen LogP contribution in [0.5, 0.6) is 0 Å². The third-order valence-corrected chi connectivity index (χ3v) is 6.61. The minimum Gasteiger partial charge on any atom is -0.315 e. The highest BCUT2D eigenvalue weighted by Crippen LogP contribution is 2.41. The Morgan fingerprint density at radius 1 is 1.42 bits per heavy atom. The van der Waals surface area contributed by atoms with Gasteiger partial charge in [0, 0.05) is 34.9 Å². The minimum absolute atomic E-state index is 0.0877. The van der Waals surface area contributed by atoms with E-state index in [4.69, 9.17) is 0 Å². The van der Waals surface area contributed by atoms with Crippen molar-refractivity contribution in [2.24, 2.45) is 11.3 Å². The van der Waals surface area contributed by atoms with Crippen molar-refractivity contribution in [2.75, 3.05) is 24.6 Å². The molecule has 0 bridgehead atoms. The zero-order chi connectivity index (χ0) is 13.5. The van der Waals surface area contributed by atoms with Gasteiger partial charge in [-0.2, -0.15) is 0 Å². The third-order valence-electron chi connectivity index (χ3n) is 4.37. The summed E-state index contributed by atoms with van der Waals surface area (Å²) < 4.78 is 24.3. The summed E-state index contributed by atoms with van der Waals surface area (Å²) in [6.07, 6.45) is 3.48. The molecule has 2 aliphatic rings. The molecule has 0 saturated carbocycles. The van der Waals surface area contributed by atoms with E-state index < -0.39 is 9.84 Å². The Bertz CT molecular complexity index is 567. The summed E-state index contributed by atoms with van der Waals surface area (Å²) in [7, 11) is -2.81. The average molecular weight is 345 g/mol. The number of halogens is 1. The second-order valence-electron chi connectivity index (χ2n) is 5.71. The molecule has 0 radical (unpaired) electrons. The number of sulfone groups is 1. The summed E-state index contributed by atoms with van der Waals surface area (Å²) in [5.74, 6) is 0.988. The normalized spacial score (nSPS) is 27.9. The van der Waals surface area contributed by atoms with Gasteiger partial charge in [-0.15, -0.1) is 0 Å². The van der Waals surface area contributed by atoms with Crippen molar-refractivity contribution in [3.8, 4) is 0 Å². The van der Waals surface area contributed by atoms with Gasteiger partial charge in [-0.25, -0.2) is 8.42 Å². The number of pyridine rings is 1. The zero-order valence-corrected chi connectivity index (χ0v) is 13.0. The van der Waals surface area contributed by atoms with Gasteiger partial charge in [-0.05, 0) is 46.8 Å². The molecule has 0 aliphatic carbocycles. The molecular weight excluding hydrogens is 328 g/mol. The van der Waals surface area contributed by atoms with Crippen LogP contribution < -0.4 is 5.32 Å². The zero-order valence-electron chi connectivity index (χ0n) is 10.6. The van der Waals surface area contributed by atoms with Gasteiger partial charge in [0.1, 0.15) is 0 Å². The molecule has 1 N–H and O–H groups in total. The lowest BCUT2D eigenvalue weighted by atomic mass is 9.67. The lowest BCUT2D eigenvalue weighted by Crippen LogP contribution is -2.59. The molecule has 1 unspecified atom stereocenters. The maximum atomic E-state index is 11.7. The number of aromatic nitrogens is 1. The Labute approximate surface area is 122 Å². The predicted octanol–water partition coefficient (Wildman–Crippen LogP) is 1.41. The molecule has 104 valence electrons. The van der Waals surface area contributed by atoms with Crippen LogP contribution in [0.2, 0.25) is 0 Å². The van der Waals surface area contributed by atoms with E-state index in [1.54, 1.807) is 6.20 Å². The van der Waals surface area contributed by atoms with Crippen molar-refractivity contribution in [3.05, 3.63) is 28.5 Å². The highest BCUT2D eigenvalue weighted by molar-refractivity contribution is 9.10. The second-order valence-corrected chi connectivity index (χ2v) is 8.85. The van der Waals surface area contributed by atoms with Gasteiger partial charge in [-0.1, -0.05) is 0 Å². The van der Waals surface area contributed by atoms with Crippen LogP contribution in [0.25, 0.3) is 0 Å². The minimum atomic E-state index is -2.81. The van der Waals surface area contributed by atoms with Crippen LogP contribution in [0.3, 0.4) is 0 Å². The number of hydrogen-bond donors (Lipinski definition) is 1. The van der Waals surface area contributed by atoms with Crippen LogP contribution in [0, 0.1) is 11.3 Å². The average Bonchev–Trinajstić information content (AvgIpc) is 2.67. The topological polar surface area (TPSA) is 59.1 Å². The van der Waals surface area contributed by atoms with E-state index >= 15 is 0 Å². The first-order valence-corrected chi connectivity index (χ1v) is 9.12. The van der Waals surface area contributed by atoms with Gasteiger partial charge < -0.3 is 5.32 Å². The summed E-state index contributed by atoms with van der Waals surface area (Å²) in [4.78, 5) is 4.43. The molecule has 6 heteroatoms. The monoisotopic (exact) mass is 344 g/mol. The number of nitrogens with zero attached hydrogens (tertiary/aromatic N) is 1. The van der Waals surface area contributed by atoms with Gasteiger partial charge >= 0.3 is 0 Å². The van der Waals surface area contributed by atoms with Crippen LogP contribution in [0.1, 0.15) is 12.1 Å². The van der Waals surface area contributed by atoms with Crippen molar-refractivity contribution < 1.29 is 8.42 Å². The number of nitrogens with one attached hydrogen (secondary N) is 1. The molecule has 19 heavy (non-hydrogen) atoms. The van der Waals surface area contributed by atoms with Gasteiger partial charge in [-0.3, -0.25) is 4.98 Å². The summed E-state index contributed by atoms with van der Waals surface area (Å²) >= 11 is 3.38. The van der Waals surface area contributed by atoms with Crippen molar-refractivity contribution in [1.82, 2.24) is 10.3 Å². The number of rotatable bonds is 3. The Balaban J connectivity index is 1.78. The van der Waals surface area contributed by atoms with Crippen molar-refractivity contribution in [1.29, 1.82) is 0 Å². The van der Waals surface area contributed by atoms with E-state index in [0.29, 0.717) is 11.5 Å². The molecule has 4 nitrogen and oxygen atoms in total. The van der Waals surface area contributed by atoms with E-state index in [1.165, 1.54) is 0 Å². The Morgan fingerprint density at radius 3 is 2.68 bits per heavy atom. The Kier molecular flexibility index (Phi) is 3.43. The standard InChI is InChI=1S/C13H17BrN2O2S/c14-11-1-2-12(16-6-11)5-13(8-15-9-13)10-3-4-19(17,18)7-10/h1-2,6,10,15H,3-5,7-9H2. The first kappa shape index (κ1) is 13.5. The third kappa shape index (κ3) is 2.71. The molecule has 1 aromatic heterocycles. The number of hydrogen-bond acceptors (Lipinski definition) is 4. The lowest BCUT2D eigenvalue weighted by molar-refractivity contribution is 0.0912. The van der Waals surface area contributed by atoms with Crippen LogP contribution in [-0.2, 0) is 16.3 Å². The van der Waals surface area contributed by atoms with Crippen LogP contribution >= 0.6 is 15.9 Å². The lowest BCUT2D eigenvalue weighted by Gasteiger charge is -2.47. The predicted molar refractivity (Wildman–Crippen MR) is 77.7 cm³/mol. The van der Waals surface area contributed by atoms with Gasteiger partial charge in [0.25, 0.3) is 0 Å². The van der Waals surface area contributed by atoms with Crippen molar-refractivity contribution in [3.63, 3.8) is 0 Å². The quantitative estimate of drug-likeness (QED) is 0.900. The van der Waals surface area contributed by atoms with E-state index in [2.05, 4.69) is 26.2 Å². The summed E-state index contributed by atoms with van der Waals surface area (Å²) in [5, 5.41) is 3.31. The highest BCUT2D eigenvalue weighted by Gasteiger charge is 2.48. The fourth-order valence-corrected chi connectivity index (χ4v) is 5.33. The van der Waals surface area contributed by atoms with Crippen molar-refractivity contribution >= 4 is 25.8 Å². The molecule has 2 fully saturated rings. The molecule has 1 aromatic rings. The Hall–Kier alpha value is -0.460. The smallest absolute Gasteiger partial charge is 0.150 e. The fourth-order valence-electron chi connectivity index (χ4n) is 3.15. The fraction of sp³-hybridized carbons (Fsp3) is 0.615. The van der Waals surface area contributed by atoms with Gasteiger partial charge in [0.15, 0.2) is 9.84 Å².